The van der Waals surface area contributed by atoms with Crippen LogP contribution in [0.1, 0.15) is 35.3 Å². The first-order valence-corrected chi connectivity index (χ1v) is 10.7. The van der Waals surface area contributed by atoms with E-state index in [2.05, 4.69) is 20.5 Å². The van der Waals surface area contributed by atoms with Gasteiger partial charge in [0.25, 0.3) is 5.91 Å². The first-order chi connectivity index (χ1) is 12.7. The Morgan fingerprint density at radius 1 is 1.50 bits per heavy atom. The van der Waals surface area contributed by atoms with Crippen LogP contribution in [-0.4, -0.2) is 57.3 Å². The molecule has 2 aromatic heterocycles. The third-order valence-electron chi connectivity index (χ3n) is 4.34. The summed E-state index contributed by atoms with van der Waals surface area (Å²) in [7, 11) is 0. The fraction of sp³-hybridized carbons (Fsp3) is 0.529. The molecule has 0 aliphatic carbocycles. The van der Waals surface area contributed by atoms with Crippen molar-refractivity contribution in [3.05, 3.63) is 28.2 Å². The van der Waals surface area contributed by atoms with E-state index in [1.807, 2.05) is 29.3 Å². The third-order valence-corrected chi connectivity index (χ3v) is 6.04. The van der Waals surface area contributed by atoms with Gasteiger partial charge in [0.05, 0.1) is 10.6 Å². The van der Waals surface area contributed by atoms with Crippen LogP contribution in [0.3, 0.4) is 0 Å². The number of aromatic nitrogens is 3. The second kappa shape index (κ2) is 9.18. The van der Waals surface area contributed by atoms with Crippen LogP contribution in [0.4, 0.5) is 0 Å². The summed E-state index contributed by atoms with van der Waals surface area (Å²) in [5.41, 5.74) is 0. The number of thioether (sulfide) groups is 1. The third kappa shape index (κ3) is 5.07. The van der Waals surface area contributed by atoms with Crippen molar-refractivity contribution in [1.29, 1.82) is 0 Å². The van der Waals surface area contributed by atoms with Crippen LogP contribution >= 0.6 is 23.1 Å². The Hall–Kier alpha value is -1.87. The molecule has 0 saturated carbocycles. The van der Waals surface area contributed by atoms with Crippen molar-refractivity contribution in [2.45, 2.75) is 31.3 Å². The van der Waals surface area contributed by atoms with Crippen molar-refractivity contribution in [1.82, 2.24) is 25.4 Å². The monoisotopic (exact) mass is 393 g/mol. The summed E-state index contributed by atoms with van der Waals surface area (Å²) in [6.45, 7) is 4.08. The van der Waals surface area contributed by atoms with E-state index in [4.69, 9.17) is 0 Å². The fourth-order valence-electron chi connectivity index (χ4n) is 2.91. The van der Waals surface area contributed by atoms with E-state index in [9.17, 15) is 9.59 Å². The number of hydrogen-bond acceptors (Lipinski definition) is 6. The molecule has 1 atom stereocenters. The van der Waals surface area contributed by atoms with Crippen molar-refractivity contribution in [3.63, 3.8) is 0 Å². The number of nitrogens with zero attached hydrogens (tertiary/aromatic N) is 3. The highest BCUT2D eigenvalue weighted by atomic mass is 32.2. The molecule has 1 fully saturated rings. The van der Waals surface area contributed by atoms with Crippen LogP contribution in [-0.2, 0) is 11.2 Å². The zero-order valence-electron chi connectivity index (χ0n) is 14.7. The Labute approximate surface area is 161 Å². The van der Waals surface area contributed by atoms with Gasteiger partial charge in [-0.25, -0.2) is 4.98 Å². The molecular formula is C17H23N5O2S2. The highest BCUT2D eigenvalue weighted by Crippen LogP contribution is 2.19. The number of carbonyl (C=O) groups is 2. The number of carbonyl (C=O) groups excluding carboxylic acids is 2. The Morgan fingerprint density at radius 2 is 2.38 bits per heavy atom. The molecule has 7 nitrogen and oxygen atoms in total. The van der Waals surface area contributed by atoms with E-state index in [0.717, 1.165) is 36.5 Å². The molecule has 1 aliphatic heterocycles. The molecule has 0 radical (unpaired) electrons. The number of amides is 2. The maximum absolute atomic E-state index is 12.5. The number of nitrogens with one attached hydrogen (secondary N) is 2. The predicted molar refractivity (Wildman–Crippen MR) is 102 cm³/mol. The zero-order chi connectivity index (χ0) is 18.4. The van der Waals surface area contributed by atoms with E-state index < -0.39 is 0 Å². The lowest BCUT2D eigenvalue weighted by Crippen LogP contribution is -2.44. The normalized spacial score (nSPS) is 17.3. The largest absolute Gasteiger partial charge is 0.351 e. The van der Waals surface area contributed by atoms with Crippen molar-refractivity contribution >= 4 is 34.9 Å². The quantitative estimate of drug-likeness (QED) is 0.704. The van der Waals surface area contributed by atoms with Crippen molar-refractivity contribution < 1.29 is 9.59 Å². The maximum atomic E-state index is 12.5. The maximum Gasteiger partial charge on any atom is 0.261 e. The summed E-state index contributed by atoms with van der Waals surface area (Å²) >= 11 is 2.80. The van der Waals surface area contributed by atoms with Gasteiger partial charge in [0.1, 0.15) is 5.82 Å². The average molecular weight is 394 g/mol. The molecule has 9 heteroatoms. The van der Waals surface area contributed by atoms with Gasteiger partial charge in [-0.3, -0.25) is 14.7 Å². The predicted octanol–water partition coefficient (Wildman–Crippen LogP) is 2.19. The number of piperidine rings is 1. The Kier molecular flexibility index (Phi) is 6.67. The Bertz CT molecular complexity index is 731. The number of hydrogen-bond donors (Lipinski definition) is 2. The number of H-pyrrole nitrogens is 1. The van der Waals surface area contributed by atoms with Gasteiger partial charge in [-0.05, 0) is 30.2 Å². The molecule has 2 N–H and O–H groups in total. The molecule has 2 aromatic rings. The molecule has 26 heavy (non-hydrogen) atoms. The van der Waals surface area contributed by atoms with Crippen LogP contribution in [0, 0.1) is 5.92 Å². The summed E-state index contributed by atoms with van der Waals surface area (Å²) in [6, 6.07) is 3.69. The Balaban J connectivity index is 1.43. The summed E-state index contributed by atoms with van der Waals surface area (Å²) in [4.78, 5) is 31.5. The minimum atomic E-state index is -0.0321. The molecule has 0 unspecified atom stereocenters. The molecule has 0 spiro atoms. The zero-order valence-corrected chi connectivity index (χ0v) is 16.4. The minimum Gasteiger partial charge on any atom is -0.351 e. The number of likely N-dealkylation sites (tertiary alicyclic amines) is 1. The molecular weight excluding hydrogens is 370 g/mol. The van der Waals surface area contributed by atoms with Crippen LogP contribution in [0.5, 0.6) is 0 Å². The lowest BCUT2D eigenvalue weighted by molar-refractivity contribution is -0.130. The Morgan fingerprint density at radius 3 is 3.12 bits per heavy atom. The van der Waals surface area contributed by atoms with E-state index in [-0.39, 0.29) is 11.8 Å². The van der Waals surface area contributed by atoms with Crippen molar-refractivity contribution in [3.8, 4) is 0 Å². The van der Waals surface area contributed by atoms with Gasteiger partial charge in [-0.1, -0.05) is 24.8 Å². The van der Waals surface area contributed by atoms with Crippen molar-refractivity contribution in [2.24, 2.45) is 5.92 Å². The molecule has 3 heterocycles. The standard InChI is InChI=1S/C17H23N5O2S2/c1-2-14-19-17(21-20-14)26-11-15(23)22-7-3-5-12(10-22)9-18-16(24)13-6-4-8-25-13/h4,6,8,12H,2-3,5,7,9-11H2,1H3,(H,18,24)(H,19,20,21)/t12-/m1/s1. The second-order valence-corrected chi connectivity index (χ2v) is 8.13. The lowest BCUT2D eigenvalue weighted by Gasteiger charge is -2.32. The van der Waals surface area contributed by atoms with Crippen LogP contribution in [0.25, 0.3) is 0 Å². The molecule has 2 amide bonds. The van der Waals surface area contributed by atoms with E-state index in [0.29, 0.717) is 29.9 Å². The first-order valence-electron chi connectivity index (χ1n) is 8.79. The van der Waals surface area contributed by atoms with E-state index in [1.54, 1.807) is 0 Å². The summed E-state index contributed by atoms with van der Waals surface area (Å²) < 4.78 is 0. The van der Waals surface area contributed by atoms with Crippen molar-refractivity contribution in [2.75, 3.05) is 25.4 Å². The molecule has 140 valence electrons. The number of rotatable bonds is 7. The van der Waals surface area contributed by atoms with Gasteiger partial charge >= 0.3 is 0 Å². The lowest BCUT2D eigenvalue weighted by atomic mass is 9.98. The number of aryl methyl sites for hydroxylation is 1. The van der Waals surface area contributed by atoms with E-state index >= 15 is 0 Å². The molecule has 0 bridgehead atoms. The number of thiophene rings is 1. The van der Waals surface area contributed by atoms with Crippen LogP contribution in [0.15, 0.2) is 22.7 Å². The topological polar surface area (TPSA) is 91.0 Å². The fourth-order valence-corrected chi connectivity index (χ4v) is 4.27. The average Bonchev–Trinajstić information content (AvgIpc) is 3.36. The van der Waals surface area contributed by atoms with Gasteiger partial charge in [-0.15, -0.1) is 16.4 Å². The molecule has 1 aliphatic rings. The molecule has 1 saturated heterocycles. The molecule has 3 rings (SSSR count). The first kappa shape index (κ1) is 18.9. The summed E-state index contributed by atoms with van der Waals surface area (Å²) in [5, 5.41) is 12.5. The minimum absolute atomic E-state index is 0.0321. The van der Waals surface area contributed by atoms with Gasteiger partial charge in [0, 0.05) is 26.1 Å². The second-order valence-electron chi connectivity index (χ2n) is 6.24. The summed E-state index contributed by atoms with van der Waals surface area (Å²) in [6.07, 6.45) is 2.80. The van der Waals surface area contributed by atoms with Crippen LogP contribution in [0.2, 0.25) is 0 Å². The smallest absolute Gasteiger partial charge is 0.261 e. The van der Waals surface area contributed by atoms with Crippen LogP contribution < -0.4 is 5.32 Å². The van der Waals surface area contributed by atoms with E-state index in [1.165, 1.54) is 23.1 Å². The van der Waals surface area contributed by atoms with Gasteiger partial charge < -0.3 is 10.2 Å². The number of aromatic amines is 1. The van der Waals surface area contributed by atoms with Gasteiger partial charge in [0.15, 0.2) is 0 Å². The summed E-state index contributed by atoms with van der Waals surface area (Å²) in [5.74, 6) is 1.55. The van der Waals surface area contributed by atoms with Gasteiger partial charge in [-0.2, -0.15) is 0 Å². The van der Waals surface area contributed by atoms with Gasteiger partial charge in [0.2, 0.25) is 11.1 Å². The SMILES string of the molecule is CCc1nc(SCC(=O)N2CCC[C@H](CNC(=O)c3cccs3)C2)n[nH]1. The highest BCUT2D eigenvalue weighted by molar-refractivity contribution is 7.99. The molecule has 0 aromatic carbocycles. The highest BCUT2D eigenvalue weighted by Gasteiger charge is 2.24.